The molecule has 1 aromatic carbocycles. The van der Waals surface area contributed by atoms with Gasteiger partial charge in [0.25, 0.3) is 11.7 Å². The summed E-state index contributed by atoms with van der Waals surface area (Å²) in [7, 11) is 0. The molecule has 1 aromatic heterocycles. The highest BCUT2D eigenvalue weighted by atomic mass is 32.2. The van der Waals surface area contributed by atoms with Gasteiger partial charge in [-0.2, -0.15) is 8.78 Å². The minimum atomic E-state index is -2.55. The molecule has 0 spiro atoms. The van der Waals surface area contributed by atoms with E-state index in [-0.39, 0.29) is 17.8 Å². The fraction of sp³-hybridized carbons (Fsp3) is 0.389. The number of alkyl halides is 2. The second-order valence-corrected chi connectivity index (χ2v) is 8.13. The van der Waals surface area contributed by atoms with Crippen molar-refractivity contribution in [1.82, 2.24) is 5.32 Å². The van der Waals surface area contributed by atoms with Gasteiger partial charge in [0.05, 0.1) is 0 Å². The first-order valence-corrected chi connectivity index (χ1v) is 10.0. The highest BCUT2D eigenvalue weighted by molar-refractivity contribution is 7.99. The SMILES string of the molecule is Cc1cc(F)ccc1N1CCCC(NC(=O)c2sccc2SC(F)F)C1. The molecule has 1 saturated heterocycles. The standard InChI is InChI=1S/C18H19F3N2OS2/c1-11-9-12(19)4-5-14(11)23-7-2-3-13(10-23)22-17(24)16-15(6-8-25-16)26-18(20)21/h4-6,8-9,13,18H,2-3,7,10H2,1H3,(H,22,24). The van der Waals surface area contributed by atoms with E-state index in [0.717, 1.165) is 30.6 Å². The first-order chi connectivity index (χ1) is 12.4. The molecule has 0 saturated carbocycles. The van der Waals surface area contributed by atoms with Gasteiger partial charge in [-0.15, -0.1) is 11.3 Å². The van der Waals surface area contributed by atoms with Crippen molar-refractivity contribution in [1.29, 1.82) is 0 Å². The summed E-state index contributed by atoms with van der Waals surface area (Å²) < 4.78 is 38.5. The summed E-state index contributed by atoms with van der Waals surface area (Å²) in [6, 6.07) is 6.16. The minimum Gasteiger partial charge on any atom is -0.369 e. The highest BCUT2D eigenvalue weighted by Crippen LogP contribution is 2.32. The zero-order valence-corrected chi connectivity index (χ0v) is 15.8. The molecular weight excluding hydrogens is 381 g/mol. The molecule has 1 atom stereocenters. The second-order valence-electron chi connectivity index (χ2n) is 6.18. The maximum atomic E-state index is 13.3. The number of carbonyl (C=O) groups is 1. The van der Waals surface area contributed by atoms with Gasteiger partial charge in [0.15, 0.2) is 0 Å². The number of nitrogens with zero attached hydrogens (tertiary/aromatic N) is 1. The third-order valence-corrected chi connectivity index (χ3v) is 6.12. The Hall–Kier alpha value is -1.67. The maximum absolute atomic E-state index is 13.3. The third-order valence-electron chi connectivity index (χ3n) is 4.31. The monoisotopic (exact) mass is 400 g/mol. The van der Waals surface area contributed by atoms with E-state index in [4.69, 9.17) is 0 Å². The van der Waals surface area contributed by atoms with E-state index in [0.29, 0.717) is 28.1 Å². The summed E-state index contributed by atoms with van der Waals surface area (Å²) in [5.74, 6) is -3.14. The Bertz CT molecular complexity index is 782. The molecule has 1 fully saturated rings. The molecule has 3 nitrogen and oxygen atoms in total. The quantitative estimate of drug-likeness (QED) is 0.724. The molecule has 0 radical (unpaired) electrons. The largest absolute Gasteiger partial charge is 0.369 e. The van der Waals surface area contributed by atoms with E-state index in [1.165, 1.54) is 23.5 Å². The number of piperidine rings is 1. The lowest BCUT2D eigenvalue weighted by Crippen LogP contribution is -2.48. The number of hydrogen-bond acceptors (Lipinski definition) is 4. The van der Waals surface area contributed by atoms with E-state index < -0.39 is 5.76 Å². The van der Waals surface area contributed by atoms with Gasteiger partial charge < -0.3 is 10.2 Å². The van der Waals surface area contributed by atoms with Crippen LogP contribution in [-0.4, -0.2) is 30.8 Å². The number of amides is 1. The molecule has 2 aromatic rings. The van der Waals surface area contributed by atoms with E-state index in [9.17, 15) is 18.0 Å². The van der Waals surface area contributed by atoms with Crippen molar-refractivity contribution in [2.75, 3.05) is 18.0 Å². The van der Waals surface area contributed by atoms with Crippen LogP contribution >= 0.6 is 23.1 Å². The Morgan fingerprint density at radius 3 is 2.92 bits per heavy atom. The second kappa shape index (κ2) is 8.35. The number of aryl methyl sites for hydroxylation is 1. The van der Waals surface area contributed by atoms with E-state index in [1.807, 2.05) is 6.92 Å². The van der Waals surface area contributed by atoms with Crippen molar-refractivity contribution < 1.29 is 18.0 Å². The van der Waals surface area contributed by atoms with Crippen LogP contribution in [0, 0.1) is 12.7 Å². The molecular formula is C18H19F3N2OS2. The number of thiophene rings is 1. The van der Waals surface area contributed by atoms with E-state index in [2.05, 4.69) is 10.2 Å². The lowest BCUT2D eigenvalue weighted by molar-refractivity contribution is 0.0934. The van der Waals surface area contributed by atoms with Crippen molar-refractivity contribution >= 4 is 34.7 Å². The topological polar surface area (TPSA) is 32.3 Å². The van der Waals surface area contributed by atoms with Gasteiger partial charge >= 0.3 is 0 Å². The van der Waals surface area contributed by atoms with Crippen molar-refractivity contribution in [2.24, 2.45) is 0 Å². The molecule has 1 aliphatic rings. The number of anilines is 1. The van der Waals surface area contributed by atoms with Crippen LogP contribution in [0.2, 0.25) is 0 Å². The van der Waals surface area contributed by atoms with E-state index in [1.54, 1.807) is 17.5 Å². The average molecular weight is 400 g/mol. The first-order valence-electron chi connectivity index (χ1n) is 8.28. The summed E-state index contributed by atoms with van der Waals surface area (Å²) in [5, 5.41) is 4.61. The zero-order chi connectivity index (χ0) is 18.7. The van der Waals surface area contributed by atoms with Crippen molar-refractivity contribution in [3.05, 3.63) is 45.9 Å². The third kappa shape index (κ3) is 4.54. The lowest BCUT2D eigenvalue weighted by atomic mass is 10.0. The molecule has 140 valence electrons. The molecule has 1 aliphatic heterocycles. The Morgan fingerprint density at radius 2 is 2.19 bits per heavy atom. The average Bonchev–Trinajstić information content (AvgIpc) is 3.02. The predicted molar refractivity (Wildman–Crippen MR) is 100 cm³/mol. The van der Waals surface area contributed by atoms with Crippen molar-refractivity contribution in [3.8, 4) is 0 Å². The van der Waals surface area contributed by atoms with Crippen LogP contribution < -0.4 is 10.2 Å². The molecule has 1 unspecified atom stereocenters. The smallest absolute Gasteiger partial charge is 0.288 e. The summed E-state index contributed by atoms with van der Waals surface area (Å²) >= 11 is 1.56. The summed E-state index contributed by atoms with van der Waals surface area (Å²) in [6.07, 6.45) is 1.72. The summed E-state index contributed by atoms with van der Waals surface area (Å²) in [6.45, 7) is 3.31. The van der Waals surface area contributed by atoms with Crippen molar-refractivity contribution in [3.63, 3.8) is 0 Å². The van der Waals surface area contributed by atoms with Gasteiger partial charge in [0.1, 0.15) is 10.7 Å². The molecule has 0 aliphatic carbocycles. The van der Waals surface area contributed by atoms with Crippen LogP contribution in [0.15, 0.2) is 34.5 Å². The van der Waals surface area contributed by atoms with E-state index >= 15 is 0 Å². The fourth-order valence-corrected chi connectivity index (χ4v) is 4.79. The number of thioether (sulfide) groups is 1. The van der Waals surface area contributed by atoms with Gasteiger partial charge in [0, 0.05) is 29.7 Å². The van der Waals surface area contributed by atoms with Gasteiger partial charge in [0.2, 0.25) is 0 Å². The first kappa shape index (κ1) is 19.1. The normalized spacial score (nSPS) is 17.6. The molecule has 0 bridgehead atoms. The highest BCUT2D eigenvalue weighted by Gasteiger charge is 2.25. The molecule has 26 heavy (non-hydrogen) atoms. The Balaban J connectivity index is 1.67. The van der Waals surface area contributed by atoms with Crippen LogP contribution in [0.25, 0.3) is 0 Å². The molecule has 2 heterocycles. The van der Waals surface area contributed by atoms with Gasteiger partial charge in [-0.1, -0.05) is 11.8 Å². The Morgan fingerprint density at radius 1 is 1.38 bits per heavy atom. The summed E-state index contributed by atoms with van der Waals surface area (Å²) in [4.78, 5) is 15.3. The summed E-state index contributed by atoms with van der Waals surface area (Å²) in [5.41, 5.74) is 1.81. The minimum absolute atomic E-state index is 0.0767. The molecule has 1 N–H and O–H groups in total. The number of hydrogen-bond donors (Lipinski definition) is 1. The van der Waals surface area contributed by atoms with Crippen LogP contribution in [0.5, 0.6) is 0 Å². The predicted octanol–water partition coefficient (Wildman–Crippen LogP) is 4.91. The molecule has 8 heteroatoms. The molecule has 1 amide bonds. The number of carbonyl (C=O) groups excluding carboxylic acids is 1. The van der Waals surface area contributed by atoms with Crippen LogP contribution in [0.1, 0.15) is 28.1 Å². The number of halogens is 3. The number of nitrogens with one attached hydrogen (secondary N) is 1. The molecule has 3 rings (SSSR count). The van der Waals surface area contributed by atoms with Crippen LogP contribution in [0.4, 0.5) is 18.9 Å². The number of benzene rings is 1. The Kier molecular flexibility index (Phi) is 6.13. The van der Waals surface area contributed by atoms with Crippen LogP contribution in [-0.2, 0) is 0 Å². The number of rotatable bonds is 5. The lowest BCUT2D eigenvalue weighted by Gasteiger charge is -2.35. The fourth-order valence-electron chi connectivity index (χ4n) is 3.19. The van der Waals surface area contributed by atoms with Crippen LogP contribution in [0.3, 0.4) is 0 Å². The zero-order valence-electron chi connectivity index (χ0n) is 14.2. The van der Waals surface area contributed by atoms with Gasteiger partial charge in [-0.3, -0.25) is 4.79 Å². The Labute approximate surface area is 158 Å². The maximum Gasteiger partial charge on any atom is 0.288 e. The van der Waals surface area contributed by atoms with Crippen molar-refractivity contribution in [2.45, 2.75) is 36.5 Å². The van der Waals surface area contributed by atoms with Gasteiger partial charge in [-0.05, 0) is 55.0 Å². The van der Waals surface area contributed by atoms with Gasteiger partial charge in [-0.25, -0.2) is 4.39 Å².